The van der Waals surface area contributed by atoms with E-state index in [9.17, 15) is 4.79 Å². The van der Waals surface area contributed by atoms with Crippen molar-refractivity contribution >= 4 is 11.5 Å². The molecule has 0 aromatic heterocycles. The molecule has 1 aromatic rings. The van der Waals surface area contributed by atoms with Crippen molar-refractivity contribution in [2.24, 2.45) is 5.92 Å². The van der Waals surface area contributed by atoms with Gasteiger partial charge in [-0.25, -0.2) is 0 Å². The van der Waals surface area contributed by atoms with E-state index in [1.165, 1.54) is 0 Å². The summed E-state index contributed by atoms with van der Waals surface area (Å²) >= 11 is 0. The minimum absolute atomic E-state index is 0.0946. The second-order valence-corrected chi connectivity index (χ2v) is 4.48. The summed E-state index contributed by atoms with van der Waals surface area (Å²) in [5.41, 5.74) is 2.65. The van der Waals surface area contributed by atoms with Crippen LogP contribution in [0, 0.1) is 5.92 Å². The Bertz CT molecular complexity index is 461. The molecule has 1 aromatic carbocycles. The lowest BCUT2D eigenvalue weighted by Crippen LogP contribution is -2.16. The van der Waals surface area contributed by atoms with Crippen molar-refractivity contribution in [1.29, 1.82) is 0 Å². The summed E-state index contributed by atoms with van der Waals surface area (Å²) in [5.74, 6) is 1.06. The molecular formula is C15H21NO2. The number of hydrogen-bond donors (Lipinski definition) is 1. The van der Waals surface area contributed by atoms with Gasteiger partial charge < -0.3 is 10.1 Å². The molecule has 0 aliphatic carbocycles. The molecule has 1 rings (SSSR count). The van der Waals surface area contributed by atoms with Gasteiger partial charge in [-0.2, -0.15) is 0 Å². The van der Waals surface area contributed by atoms with E-state index in [0.717, 1.165) is 22.6 Å². The van der Waals surface area contributed by atoms with Gasteiger partial charge in [0.2, 0.25) is 0 Å². The number of nitrogens with one attached hydrogen (secondary N) is 1. The summed E-state index contributed by atoms with van der Waals surface area (Å²) in [6, 6.07) is 7.71. The molecule has 0 fully saturated rings. The SMILES string of the molecule is CN/C(=C(\C(C)=O)C(C)C)c1cccc(OC)c1. The first kappa shape index (κ1) is 14.3. The molecule has 0 heterocycles. The summed E-state index contributed by atoms with van der Waals surface area (Å²) in [6.07, 6.45) is 0. The zero-order chi connectivity index (χ0) is 13.7. The lowest BCUT2D eigenvalue weighted by Gasteiger charge is -2.17. The van der Waals surface area contributed by atoms with E-state index >= 15 is 0 Å². The summed E-state index contributed by atoms with van der Waals surface area (Å²) in [4.78, 5) is 11.8. The van der Waals surface area contributed by atoms with Gasteiger partial charge in [-0.1, -0.05) is 26.0 Å². The van der Waals surface area contributed by atoms with E-state index < -0.39 is 0 Å². The molecule has 1 N–H and O–H groups in total. The molecule has 0 saturated heterocycles. The fourth-order valence-corrected chi connectivity index (χ4v) is 2.08. The fourth-order valence-electron chi connectivity index (χ4n) is 2.08. The van der Waals surface area contributed by atoms with Crippen molar-refractivity contribution in [2.75, 3.05) is 14.2 Å². The number of benzene rings is 1. The van der Waals surface area contributed by atoms with Crippen molar-refractivity contribution < 1.29 is 9.53 Å². The van der Waals surface area contributed by atoms with Crippen molar-refractivity contribution in [1.82, 2.24) is 5.32 Å². The summed E-state index contributed by atoms with van der Waals surface area (Å²) in [5, 5.41) is 3.14. The Morgan fingerprint density at radius 1 is 1.33 bits per heavy atom. The Morgan fingerprint density at radius 2 is 2.00 bits per heavy atom. The zero-order valence-electron chi connectivity index (χ0n) is 11.7. The molecule has 0 aliphatic rings. The first-order valence-electron chi connectivity index (χ1n) is 6.08. The van der Waals surface area contributed by atoms with Crippen LogP contribution in [0.1, 0.15) is 26.3 Å². The van der Waals surface area contributed by atoms with E-state index in [1.807, 2.05) is 45.2 Å². The third kappa shape index (κ3) is 3.13. The zero-order valence-corrected chi connectivity index (χ0v) is 11.7. The van der Waals surface area contributed by atoms with Gasteiger partial charge in [0, 0.05) is 23.9 Å². The Labute approximate surface area is 109 Å². The highest BCUT2D eigenvalue weighted by Crippen LogP contribution is 2.25. The van der Waals surface area contributed by atoms with Crippen LogP contribution in [0.2, 0.25) is 0 Å². The van der Waals surface area contributed by atoms with E-state index in [1.54, 1.807) is 14.0 Å². The van der Waals surface area contributed by atoms with Crippen LogP contribution in [0.5, 0.6) is 5.75 Å². The molecule has 0 radical (unpaired) electrons. The van der Waals surface area contributed by atoms with Crippen LogP contribution in [0.25, 0.3) is 5.70 Å². The smallest absolute Gasteiger partial charge is 0.158 e. The number of Topliss-reactive ketones (excluding diaryl/α,β-unsaturated/α-hetero) is 1. The van der Waals surface area contributed by atoms with Crippen molar-refractivity contribution in [2.45, 2.75) is 20.8 Å². The Balaban J connectivity index is 3.38. The quantitative estimate of drug-likeness (QED) is 0.813. The minimum Gasteiger partial charge on any atom is -0.497 e. The molecule has 0 saturated carbocycles. The van der Waals surface area contributed by atoms with E-state index in [0.29, 0.717) is 0 Å². The minimum atomic E-state index is 0.0946. The molecule has 3 heteroatoms. The van der Waals surface area contributed by atoms with E-state index in [2.05, 4.69) is 5.32 Å². The van der Waals surface area contributed by atoms with Crippen molar-refractivity contribution in [3.05, 3.63) is 35.4 Å². The maximum atomic E-state index is 11.8. The van der Waals surface area contributed by atoms with Gasteiger partial charge in [0.1, 0.15) is 5.75 Å². The molecule has 98 valence electrons. The van der Waals surface area contributed by atoms with E-state index in [-0.39, 0.29) is 11.7 Å². The first-order chi connectivity index (χ1) is 8.51. The van der Waals surface area contributed by atoms with Crippen molar-refractivity contribution in [3.63, 3.8) is 0 Å². The standard InChI is InChI=1S/C15H21NO2/c1-10(2)14(11(3)17)15(16-4)12-7-6-8-13(9-12)18-5/h6-10,16H,1-5H3/b15-14-. The molecule has 3 nitrogen and oxygen atoms in total. The molecule has 0 bridgehead atoms. The van der Waals surface area contributed by atoms with Gasteiger partial charge in [0.15, 0.2) is 5.78 Å². The predicted molar refractivity (Wildman–Crippen MR) is 74.5 cm³/mol. The molecular weight excluding hydrogens is 226 g/mol. The monoisotopic (exact) mass is 247 g/mol. The molecule has 18 heavy (non-hydrogen) atoms. The predicted octanol–water partition coefficient (Wildman–Crippen LogP) is 2.87. The van der Waals surface area contributed by atoms with Crippen LogP contribution in [-0.4, -0.2) is 19.9 Å². The van der Waals surface area contributed by atoms with Crippen molar-refractivity contribution in [3.8, 4) is 5.75 Å². The summed E-state index contributed by atoms with van der Waals surface area (Å²) < 4.78 is 5.21. The van der Waals surface area contributed by atoms with Gasteiger partial charge in [-0.15, -0.1) is 0 Å². The van der Waals surface area contributed by atoms with E-state index in [4.69, 9.17) is 4.74 Å². The second-order valence-electron chi connectivity index (χ2n) is 4.48. The van der Waals surface area contributed by atoms with Crippen LogP contribution in [0.4, 0.5) is 0 Å². The largest absolute Gasteiger partial charge is 0.497 e. The second kappa shape index (κ2) is 6.24. The fraction of sp³-hybridized carbons (Fsp3) is 0.400. The number of ketones is 1. The van der Waals surface area contributed by atoms with Gasteiger partial charge in [0.05, 0.1) is 7.11 Å². The Kier molecular flexibility index (Phi) is 4.95. The third-order valence-corrected chi connectivity index (χ3v) is 2.83. The number of carbonyl (C=O) groups is 1. The van der Waals surface area contributed by atoms with Gasteiger partial charge in [0.25, 0.3) is 0 Å². The highest BCUT2D eigenvalue weighted by atomic mass is 16.5. The number of rotatable bonds is 5. The maximum absolute atomic E-state index is 11.8. The number of ether oxygens (including phenoxy) is 1. The number of carbonyl (C=O) groups excluding carboxylic acids is 1. The lowest BCUT2D eigenvalue weighted by atomic mass is 9.94. The normalized spacial score (nSPS) is 12.1. The Hall–Kier alpha value is -1.77. The number of methoxy groups -OCH3 is 1. The number of hydrogen-bond acceptors (Lipinski definition) is 3. The maximum Gasteiger partial charge on any atom is 0.158 e. The van der Waals surface area contributed by atoms with Crippen LogP contribution in [0.3, 0.4) is 0 Å². The average Bonchev–Trinajstić information content (AvgIpc) is 2.34. The molecule has 0 aliphatic heterocycles. The van der Waals surface area contributed by atoms with Crippen LogP contribution in [0.15, 0.2) is 29.8 Å². The third-order valence-electron chi connectivity index (χ3n) is 2.83. The van der Waals surface area contributed by atoms with Crippen LogP contribution < -0.4 is 10.1 Å². The first-order valence-corrected chi connectivity index (χ1v) is 6.08. The number of allylic oxidation sites excluding steroid dienone is 1. The molecule has 0 amide bonds. The highest BCUT2D eigenvalue weighted by Gasteiger charge is 2.16. The summed E-state index contributed by atoms with van der Waals surface area (Å²) in [7, 11) is 3.47. The van der Waals surface area contributed by atoms with Crippen LogP contribution >= 0.6 is 0 Å². The average molecular weight is 247 g/mol. The highest BCUT2D eigenvalue weighted by molar-refractivity contribution is 6.01. The van der Waals surface area contributed by atoms with Gasteiger partial charge >= 0.3 is 0 Å². The van der Waals surface area contributed by atoms with Gasteiger partial charge in [-0.05, 0) is 25.0 Å². The van der Waals surface area contributed by atoms with Gasteiger partial charge in [-0.3, -0.25) is 4.79 Å². The lowest BCUT2D eigenvalue weighted by molar-refractivity contribution is -0.114. The molecule has 0 atom stereocenters. The van der Waals surface area contributed by atoms with Crippen LogP contribution in [-0.2, 0) is 4.79 Å². The molecule has 0 unspecified atom stereocenters. The topological polar surface area (TPSA) is 38.3 Å². The summed E-state index contributed by atoms with van der Waals surface area (Å²) in [6.45, 7) is 5.65. The molecule has 0 spiro atoms. The Morgan fingerprint density at radius 3 is 2.44 bits per heavy atom.